The Morgan fingerprint density at radius 3 is 2.32 bits per heavy atom. The maximum absolute atomic E-state index is 12.0. The largest absolute Gasteiger partial charge is 0.467 e. The van der Waals surface area contributed by atoms with E-state index < -0.39 is 29.8 Å². The molecule has 10 heteroatoms. The Hall–Kier alpha value is -2.46. The molecule has 0 unspecified atom stereocenters. The molecule has 2 rings (SSSR count). The summed E-state index contributed by atoms with van der Waals surface area (Å²) in [6, 6.07) is 8.15. The second-order valence-electron chi connectivity index (χ2n) is 8.05. The highest BCUT2D eigenvalue weighted by molar-refractivity contribution is 7.59. The zero-order valence-electron chi connectivity index (χ0n) is 18.3. The van der Waals surface area contributed by atoms with Crippen LogP contribution in [0.15, 0.2) is 30.3 Å². The maximum Gasteiger partial charge on any atom is 0.408 e. The highest BCUT2D eigenvalue weighted by atomic mass is 32.1. The molecule has 0 bridgehead atoms. The van der Waals surface area contributed by atoms with E-state index in [-0.39, 0.29) is 38.9 Å². The first kappa shape index (κ1) is 26.6. The molecule has 0 heterocycles. The van der Waals surface area contributed by atoms with Gasteiger partial charge in [-0.1, -0.05) is 30.3 Å². The number of carbonyl (C=O) groups excluding carboxylic acids is 3. The van der Waals surface area contributed by atoms with Crippen LogP contribution >= 0.6 is 13.5 Å². The lowest BCUT2D eigenvalue weighted by Gasteiger charge is -2.36. The van der Waals surface area contributed by atoms with E-state index in [1.54, 1.807) is 20.8 Å². The standard InChI is InChI=1S/C21H30N2O7.H2S/c1-21(2,3)30-20(26)22-15-10-16(11-15)28-13-17(18(24)27-4)23-19(25)29-12-14-8-6-5-7-9-14;/h5-9,15-17H,10-13H2,1-4H3,(H,22,26)(H,23,25);1H2/t15?,16?,17-;/m0./s1. The number of carbonyl (C=O) groups is 3. The van der Waals surface area contributed by atoms with E-state index in [4.69, 9.17) is 18.9 Å². The number of rotatable bonds is 8. The SMILES string of the molecule is COC(=O)[C@H](COC1CC(NC(=O)OC(C)(C)C)C1)NC(=O)OCc1ccccc1.S. The molecule has 31 heavy (non-hydrogen) atoms. The number of benzene rings is 1. The topological polar surface area (TPSA) is 112 Å². The summed E-state index contributed by atoms with van der Waals surface area (Å²) >= 11 is 0. The summed E-state index contributed by atoms with van der Waals surface area (Å²) in [6.07, 6.45) is -0.173. The molecule has 1 atom stereocenters. The molecule has 174 valence electrons. The van der Waals surface area contributed by atoms with E-state index >= 15 is 0 Å². The third-order valence-corrected chi connectivity index (χ3v) is 4.30. The number of hydrogen-bond acceptors (Lipinski definition) is 7. The summed E-state index contributed by atoms with van der Waals surface area (Å²) in [5.74, 6) is -0.630. The first-order valence-corrected chi connectivity index (χ1v) is 9.82. The third-order valence-electron chi connectivity index (χ3n) is 4.30. The molecule has 0 aliphatic heterocycles. The lowest BCUT2D eigenvalue weighted by Crippen LogP contribution is -2.51. The van der Waals surface area contributed by atoms with Crippen molar-refractivity contribution in [3.8, 4) is 0 Å². The molecule has 1 aromatic rings. The van der Waals surface area contributed by atoms with Gasteiger partial charge in [-0.25, -0.2) is 14.4 Å². The molecule has 1 aliphatic carbocycles. The number of methoxy groups -OCH3 is 1. The van der Waals surface area contributed by atoms with Gasteiger partial charge in [-0.05, 0) is 39.2 Å². The second-order valence-corrected chi connectivity index (χ2v) is 8.05. The zero-order valence-corrected chi connectivity index (χ0v) is 19.3. The van der Waals surface area contributed by atoms with Crippen molar-refractivity contribution in [3.05, 3.63) is 35.9 Å². The van der Waals surface area contributed by atoms with Gasteiger partial charge in [0.1, 0.15) is 12.2 Å². The summed E-state index contributed by atoms with van der Waals surface area (Å²) in [4.78, 5) is 35.7. The van der Waals surface area contributed by atoms with Crippen molar-refractivity contribution in [2.75, 3.05) is 13.7 Å². The Labute approximate surface area is 189 Å². The quantitative estimate of drug-likeness (QED) is 0.457. The third kappa shape index (κ3) is 9.93. The van der Waals surface area contributed by atoms with Crippen LogP contribution in [0.1, 0.15) is 39.2 Å². The number of nitrogens with one attached hydrogen (secondary N) is 2. The van der Waals surface area contributed by atoms with Crippen molar-refractivity contribution in [1.82, 2.24) is 10.6 Å². The van der Waals surface area contributed by atoms with Crippen molar-refractivity contribution >= 4 is 31.7 Å². The highest BCUT2D eigenvalue weighted by Crippen LogP contribution is 2.24. The van der Waals surface area contributed by atoms with Gasteiger partial charge in [-0.15, -0.1) is 0 Å². The molecule has 1 saturated carbocycles. The van der Waals surface area contributed by atoms with Crippen LogP contribution in [0.5, 0.6) is 0 Å². The van der Waals surface area contributed by atoms with Gasteiger partial charge in [0.25, 0.3) is 0 Å². The molecule has 1 fully saturated rings. The van der Waals surface area contributed by atoms with Gasteiger partial charge in [0.15, 0.2) is 6.04 Å². The molecule has 0 saturated heterocycles. The van der Waals surface area contributed by atoms with E-state index in [0.29, 0.717) is 12.8 Å². The normalized spacial score (nSPS) is 18.5. The molecule has 0 aromatic heterocycles. The first-order valence-electron chi connectivity index (χ1n) is 9.82. The molecule has 0 radical (unpaired) electrons. The van der Waals surface area contributed by atoms with Crippen LogP contribution < -0.4 is 10.6 Å². The molecule has 1 aliphatic rings. The molecular weight excluding hydrogens is 424 g/mol. The van der Waals surface area contributed by atoms with Crippen LogP contribution in [0.4, 0.5) is 9.59 Å². The van der Waals surface area contributed by atoms with Crippen molar-refractivity contribution in [2.45, 2.75) is 64.0 Å². The van der Waals surface area contributed by atoms with Crippen LogP contribution in [0.25, 0.3) is 0 Å². The fraction of sp³-hybridized carbons (Fsp3) is 0.571. The summed E-state index contributed by atoms with van der Waals surface area (Å²) in [5.41, 5.74) is 0.273. The van der Waals surface area contributed by atoms with Gasteiger partial charge in [-0.3, -0.25) is 0 Å². The fourth-order valence-corrected chi connectivity index (χ4v) is 2.74. The van der Waals surface area contributed by atoms with Crippen molar-refractivity contribution in [1.29, 1.82) is 0 Å². The summed E-state index contributed by atoms with van der Waals surface area (Å²) in [7, 11) is 1.23. The molecular formula is C21H32N2O7S. The predicted molar refractivity (Wildman–Crippen MR) is 118 cm³/mol. The number of hydrogen-bond donors (Lipinski definition) is 2. The van der Waals surface area contributed by atoms with Gasteiger partial charge < -0.3 is 29.6 Å². The van der Waals surface area contributed by atoms with Crippen LogP contribution in [0, 0.1) is 0 Å². The van der Waals surface area contributed by atoms with Crippen molar-refractivity contribution in [2.24, 2.45) is 0 Å². The van der Waals surface area contributed by atoms with Gasteiger partial charge >= 0.3 is 18.2 Å². The second kappa shape index (κ2) is 12.4. The fourth-order valence-electron chi connectivity index (χ4n) is 2.74. The Morgan fingerprint density at radius 2 is 1.74 bits per heavy atom. The lowest BCUT2D eigenvalue weighted by molar-refractivity contribution is -0.146. The average Bonchev–Trinajstić information content (AvgIpc) is 2.65. The van der Waals surface area contributed by atoms with Crippen molar-refractivity contribution < 1.29 is 33.3 Å². The van der Waals surface area contributed by atoms with Gasteiger partial charge in [0.05, 0.1) is 19.8 Å². The predicted octanol–water partition coefficient (Wildman–Crippen LogP) is 2.64. The van der Waals surface area contributed by atoms with E-state index in [2.05, 4.69) is 10.6 Å². The first-order chi connectivity index (χ1) is 14.2. The van der Waals surface area contributed by atoms with Gasteiger partial charge in [0, 0.05) is 6.04 Å². The molecule has 2 amide bonds. The smallest absolute Gasteiger partial charge is 0.408 e. The number of ether oxygens (including phenoxy) is 4. The van der Waals surface area contributed by atoms with E-state index in [1.165, 1.54) is 7.11 Å². The van der Waals surface area contributed by atoms with Crippen LogP contribution in [0.3, 0.4) is 0 Å². The minimum absolute atomic E-state index is 0. The van der Waals surface area contributed by atoms with Gasteiger partial charge in [-0.2, -0.15) is 13.5 Å². The Morgan fingerprint density at radius 1 is 1.10 bits per heavy atom. The molecule has 9 nitrogen and oxygen atoms in total. The molecule has 2 N–H and O–H groups in total. The van der Waals surface area contributed by atoms with Crippen LogP contribution in [0.2, 0.25) is 0 Å². The minimum atomic E-state index is -0.990. The Bertz CT molecular complexity index is 718. The van der Waals surface area contributed by atoms with E-state index in [1.807, 2.05) is 30.3 Å². The van der Waals surface area contributed by atoms with Gasteiger partial charge in [0.2, 0.25) is 0 Å². The zero-order chi connectivity index (χ0) is 22.1. The maximum atomic E-state index is 12.0. The highest BCUT2D eigenvalue weighted by Gasteiger charge is 2.34. The lowest BCUT2D eigenvalue weighted by atomic mass is 9.89. The number of esters is 1. The Kier molecular flexibility index (Phi) is 10.6. The monoisotopic (exact) mass is 456 g/mol. The van der Waals surface area contributed by atoms with E-state index in [0.717, 1.165) is 5.56 Å². The number of amides is 2. The minimum Gasteiger partial charge on any atom is -0.467 e. The van der Waals surface area contributed by atoms with Crippen molar-refractivity contribution in [3.63, 3.8) is 0 Å². The van der Waals surface area contributed by atoms with E-state index in [9.17, 15) is 14.4 Å². The average molecular weight is 457 g/mol. The van der Waals surface area contributed by atoms with Crippen LogP contribution in [-0.4, -0.2) is 55.7 Å². The summed E-state index contributed by atoms with van der Waals surface area (Å²) in [5, 5.41) is 5.23. The molecule has 0 spiro atoms. The van der Waals surface area contributed by atoms with Crippen LogP contribution in [-0.2, 0) is 30.3 Å². The Balaban J connectivity index is 0.00000480. The summed E-state index contributed by atoms with van der Waals surface area (Å²) in [6.45, 7) is 5.41. The number of alkyl carbamates (subject to hydrolysis) is 2. The summed E-state index contributed by atoms with van der Waals surface area (Å²) < 4.78 is 20.7. The molecule has 1 aromatic carbocycles.